The van der Waals surface area contributed by atoms with E-state index in [9.17, 15) is 0 Å². The quantitative estimate of drug-likeness (QED) is 0.554. The third-order valence-electron chi connectivity index (χ3n) is 6.46. The van der Waals surface area contributed by atoms with E-state index in [1.54, 1.807) is 7.11 Å². The van der Waals surface area contributed by atoms with Crippen LogP contribution in [-0.4, -0.2) is 26.7 Å². The highest BCUT2D eigenvalue weighted by molar-refractivity contribution is 7.80. The summed E-state index contributed by atoms with van der Waals surface area (Å²) in [6.45, 7) is 5.21. The maximum Gasteiger partial charge on any atom is 0.170 e. The Labute approximate surface area is 189 Å². The number of methoxy groups -OCH3 is 1. The predicted octanol–water partition coefficient (Wildman–Crippen LogP) is 5.02. The van der Waals surface area contributed by atoms with Crippen LogP contribution in [0.4, 0.5) is 0 Å². The molecular formula is C25H28N4OS. The molecule has 0 amide bonds. The Kier molecular flexibility index (Phi) is 5.18. The van der Waals surface area contributed by atoms with Crippen LogP contribution in [0.1, 0.15) is 59.2 Å². The molecule has 1 saturated heterocycles. The van der Waals surface area contributed by atoms with Crippen LogP contribution >= 0.6 is 12.2 Å². The standard InChI is InChI=1S/C25H28N4OS/c1-16-14-21(17(2)29(16)19-9-10-19)24-23(22-6-4-5-13-26-22)27-25(31)28(24)15-18-7-11-20(30-3)12-8-18/h4-8,11-14,19,23-24H,9-10,15H2,1-3H3,(H,27,31)/t23-,24+/m1/s1. The number of thiocarbonyl (C=S) groups is 1. The summed E-state index contributed by atoms with van der Waals surface area (Å²) in [5.74, 6) is 0.863. The molecule has 6 heteroatoms. The minimum absolute atomic E-state index is 0.0140. The maximum atomic E-state index is 5.84. The summed E-state index contributed by atoms with van der Waals surface area (Å²) >= 11 is 5.84. The van der Waals surface area contributed by atoms with Gasteiger partial charge in [-0.3, -0.25) is 4.98 Å². The Morgan fingerprint density at radius 1 is 1.13 bits per heavy atom. The highest BCUT2D eigenvalue weighted by Crippen LogP contribution is 2.45. The van der Waals surface area contributed by atoms with Gasteiger partial charge in [0.2, 0.25) is 0 Å². The van der Waals surface area contributed by atoms with Gasteiger partial charge in [0.1, 0.15) is 5.75 Å². The molecule has 0 unspecified atom stereocenters. The summed E-state index contributed by atoms with van der Waals surface area (Å²) in [7, 11) is 1.69. The first-order valence-corrected chi connectivity index (χ1v) is 11.3. The van der Waals surface area contributed by atoms with E-state index in [0.717, 1.165) is 23.1 Å². The average molecular weight is 433 g/mol. The highest BCUT2D eigenvalue weighted by Gasteiger charge is 2.42. The monoisotopic (exact) mass is 432 g/mol. The van der Waals surface area contributed by atoms with E-state index >= 15 is 0 Å². The zero-order valence-electron chi connectivity index (χ0n) is 18.2. The van der Waals surface area contributed by atoms with Gasteiger partial charge in [-0.15, -0.1) is 0 Å². The van der Waals surface area contributed by atoms with E-state index in [-0.39, 0.29) is 12.1 Å². The Bertz CT molecular complexity index is 1090. The second-order valence-electron chi connectivity index (χ2n) is 8.53. The van der Waals surface area contributed by atoms with Gasteiger partial charge in [-0.1, -0.05) is 18.2 Å². The van der Waals surface area contributed by atoms with Gasteiger partial charge >= 0.3 is 0 Å². The third-order valence-corrected chi connectivity index (χ3v) is 6.82. The fourth-order valence-corrected chi connectivity index (χ4v) is 5.14. The largest absolute Gasteiger partial charge is 0.497 e. The molecule has 2 fully saturated rings. The first-order chi connectivity index (χ1) is 15.1. The predicted molar refractivity (Wildman–Crippen MR) is 126 cm³/mol. The second kappa shape index (κ2) is 8.00. The summed E-state index contributed by atoms with van der Waals surface area (Å²) in [6.07, 6.45) is 4.41. The minimum Gasteiger partial charge on any atom is -0.497 e. The van der Waals surface area contributed by atoms with Crippen molar-refractivity contribution in [3.8, 4) is 5.75 Å². The summed E-state index contributed by atoms with van der Waals surface area (Å²) < 4.78 is 7.83. The number of rotatable bonds is 6. The van der Waals surface area contributed by atoms with Crippen LogP contribution in [0.3, 0.4) is 0 Å². The molecule has 160 valence electrons. The fraction of sp³-hybridized carbons (Fsp3) is 0.360. The number of hydrogen-bond donors (Lipinski definition) is 1. The topological polar surface area (TPSA) is 42.3 Å². The van der Waals surface area contributed by atoms with E-state index < -0.39 is 0 Å². The number of nitrogens with one attached hydrogen (secondary N) is 1. The lowest BCUT2D eigenvalue weighted by atomic mass is 9.96. The van der Waals surface area contributed by atoms with Gasteiger partial charge in [0.15, 0.2) is 5.11 Å². The first kappa shape index (κ1) is 20.1. The molecule has 1 aromatic carbocycles. The normalized spacial score (nSPS) is 20.7. The van der Waals surface area contributed by atoms with Gasteiger partial charge < -0.3 is 19.5 Å². The molecule has 5 nitrogen and oxygen atoms in total. The van der Waals surface area contributed by atoms with Crippen LogP contribution < -0.4 is 10.1 Å². The van der Waals surface area contributed by atoms with Crippen molar-refractivity contribution in [3.05, 3.63) is 82.9 Å². The Hall–Kier alpha value is -2.86. The molecule has 1 N–H and O–H groups in total. The highest BCUT2D eigenvalue weighted by atomic mass is 32.1. The van der Waals surface area contributed by atoms with Gasteiger partial charge in [-0.2, -0.15) is 0 Å². The number of aromatic nitrogens is 2. The molecule has 1 aliphatic carbocycles. The maximum absolute atomic E-state index is 5.84. The Balaban J connectivity index is 1.55. The van der Waals surface area contributed by atoms with Crippen LogP contribution in [0.2, 0.25) is 0 Å². The summed E-state index contributed by atoms with van der Waals surface area (Å²) in [6, 6.07) is 17.4. The number of aryl methyl sites for hydroxylation is 1. The molecule has 1 aliphatic heterocycles. The van der Waals surface area contributed by atoms with Crippen molar-refractivity contribution in [1.29, 1.82) is 0 Å². The van der Waals surface area contributed by atoms with Crippen LogP contribution in [0.25, 0.3) is 0 Å². The molecule has 1 saturated carbocycles. The molecule has 0 radical (unpaired) electrons. The van der Waals surface area contributed by atoms with Gasteiger partial charge in [-0.05, 0) is 80.4 Å². The fourth-order valence-electron chi connectivity index (χ4n) is 4.84. The number of nitrogens with zero attached hydrogens (tertiary/aromatic N) is 3. The van der Waals surface area contributed by atoms with Crippen molar-refractivity contribution in [2.45, 2.75) is 51.4 Å². The molecule has 0 spiro atoms. The summed E-state index contributed by atoms with van der Waals surface area (Å²) in [5.41, 5.74) is 6.23. The number of ether oxygens (including phenoxy) is 1. The van der Waals surface area contributed by atoms with Crippen molar-refractivity contribution >= 4 is 17.3 Å². The van der Waals surface area contributed by atoms with Gasteiger partial charge in [0.25, 0.3) is 0 Å². The molecule has 2 atom stereocenters. The minimum atomic E-state index is 0.0140. The van der Waals surface area contributed by atoms with Crippen molar-refractivity contribution in [2.24, 2.45) is 0 Å². The van der Waals surface area contributed by atoms with Crippen LogP contribution in [0.15, 0.2) is 54.7 Å². The van der Waals surface area contributed by atoms with E-state index in [1.165, 1.54) is 35.4 Å². The van der Waals surface area contributed by atoms with Gasteiger partial charge in [-0.25, -0.2) is 0 Å². The first-order valence-electron chi connectivity index (χ1n) is 10.9. The SMILES string of the molecule is COc1ccc(CN2C(=S)N[C@H](c3ccccn3)[C@@H]2c2cc(C)n(C3CC3)c2C)cc1. The van der Waals surface area contributed by atoms with Crippen LogP contribution in [0, 0.1) is 13.8 Å². The number of pyridine rings is 1. The summed E-state index contributed by atoms with van der Waals surface area (Å²) in [5, 5.41) is 4.34. The van der Waals surface area contributed by atoms with Gasteiger partial charge in [0.05, 0.1) is 24.9 Å². The second-order valence-corrected chi connectivity index (χ2v) is 8.92. The van der Waals surface area contributed by atoms with Crippen molar-refractivity contribution in [2.75, 3.05) is 7.11 Å². The lowest BCUT2D eigenvalue weighted by molar-refractivity contribution is 0.309. The zero-order valence-corrected chi connectivity index (χ0v) is 19.0. The molecule has 3 aromatic rings. The molecule has 3 heterocycles. The number of hydrogen-bond acceptors (Lipinski definition) is 3. The lowest BCUT2D eigenvalue weighted by Crippen LogP contribution is -2.29. The molecule has 31 heavy (non-hydrogen) atoms. The third kappa shape index (κ3) is 3.69. The van der Waals surface area contributed by atoms with E-state index in [4.69, 9.17) is 17.0 Å². The lowest BCUT2D eigenvalue weighted by Gasteiger charge is -2.28. The Morgan fingerprint density at radius 2 is 1.90 bits per heavy atom. The van der Waals surface area contributed by atoms with Crippen molar-refractivity contribution in [1.82, 2.24) is 19.8 Å². The summed E-state index contributed by atoms with van der Waals surface area (Å²) in [4.78, 5) is 6.98. The Morgan fingerprint density at radius 3 is 2.55 bits per heavy atom. The van der Waals surface area contributed by atoms with Crippen LogP contribution in [0.5, 0.6) is 5.75 Å². The van der Waals surface area contributed by atoms with Crippen molar-refractivity contribution < 1.29 is 4.74 Å². The molecule has 2 aromatic heterocycles. The van der Waals surface area contributed by atoms with Gasteiger partial charge in [0, 0.05) is 30.2 Å². The smallest absolute Gasteiger partial charge is 0.170 e. The molecular weight excluding hydrogens is 404 g/mol. The average Bonchev–Trinajstić information content (AvgIpc) is 3.51. The van der Waals surface area contributed by atoms with Crippen molar-refractivity contribution in [3.63, 3.8) is 0 Å². The number of benzene rings is 1. The molecule has 2 aliphatic rings. The van der Waals surface area contributed by atoms with Crippen LogP contribution in [-0.2, 0) is 6.54 Å². The zero-order chi connectivity index (χ0) is 21.5. The van der Waals surface area contributed by atoms with E-state index in [2.05, 4.69) is 57.9 Å². The molecule has 0 bridgehead atoms. The van der Waals surface area contributed by atoms with E-state index in [1.807, 2.05) is 30.5 Å². The van der Waals surface area contributed by atoms with E-state index in [0.29, 0.717) is 6.04 Å². The molecule has 5 rings (SSSR count).